The molecule has 0 atom stereocenters. The summed E-state index contributed by atoms with van der Waals surface area (Å²) in [6, 6.07) is 0. The highest BCUT2D eigenvalue weighted by atomic mass is 16.1. The molecule has 0 heterocycles. The molecule has 0 radical (unpaired) electrons. The van der Waals surface area contributed by atoms with Crippen LogP contribution in [0.4, 0.5) is 0 Å². The highest BCUT2D eigenvalue weighted by Crippen LogP contribution is 2.19. The zero-order chi connectivity index (χ0) is 12.1. The van der Waals surface area contributed by atoms with E-state index in [1.165, 1.54) is 11.1 Å². The number of rotatable bonds is 0. The predicted octanol–water partition coefficient (Wildman–Crippen LogP) is 4.36. The first-order valence-electron chi connectivity index (χ1n) is 6.04. The van der Waals surface area contributed by atoms with E-state index in [0.29, 0.717) is 0 Å². The van der Waals surface area contributed by atoms with E-state index in [2.05, 4.69) is 19.9 Å². The summed E-state index contributed by atoms with van der Waals surface area (Å²) in [5, 5.41) is 0. The summed E-state index contributed by atoms with van der Waals surface area (Å²) >= 11 is 0. The molecule has 88 valence electrons. The standard InChI is InChI=1S/C15H22O/c1-11(2)14-9-8-12(3)6-5-7-13(4)10-15(14)16/h8,10H,5-7,9H2,1-4H3/b12-8-,13-10-. The van der Waals surface area contributed by atoms with Gasteiger partial charge < -0.3 is 0 Å². The topological polar surface area (TPSA) is 17.1 Å². The predicted molar refractivity (Wildman–Crippen MR) is 69.4 cm³/mol. The van der Waals surface area contributed by atoms with E-state index < -0.39 is 0 Å². The first kappa shape index (κ1) is 13.0. The molecule has 1 rings (SSSR count). The van der Waals surface area contributed by atoms with Crippen LogP contribution in [0.3, 0.4) is 0 Å². The summed E-state index contributed by atoms with van der Waals surface area (Å²) in [4.78, 5) is 12.0. The molecule has 0 N–H and O–H groups in total. The Labute approximate surface area is 98.9 Å². The molecule has 1 heteroatoms. The van der Waals surface area contributed by atoms with Crippen molar-refractivity contribution in [3.8, 4) is 0 Å². The Morgan fingerprint density at radius 1 is 1.12 bits per heavy atom. The molecule has 16 heavy (non-hydrogen) atoms. The van der Waals surface area contributed by atoms with E-state index in [4.69, 9.17) is 0 Å². The first-order valence-corrected chi connectivity index (χ1v) is 6.04. The zero-order valence-electron chi connectivity index (χ0n) is 10.9. The Hall–Kier alpha value is -1.11. The van der Waals surface area contributed by atoms with Crippen LogP contribution in [0.2, 0.25) is 0 Å². The average Bonchev–Trinajstić information content (AvgIpc) is 2.16. The molecule has 0 fully saturated rings. The molecule has 1 aliphatic carbocycles. The van der Waals surface area contributed by atoms with Crippen LogP contribution in [0.1, 0.15) is 53.4 Å². The zero-order valence-corrected chi connectivity index (χ0v) is 10.9. The minimum atomic E-state index is 0.198. The number of carbonyl (C=O) groups excluding carboxylic acids is 1. The van der Waals surface area contributed by atoms with Gasteiger partial charge in [0.05, 0.1) is 0 Å². The van der Waals surface area contributed by atoms with Gasteiger partial charge in [0.1, 0.15) is 0 Å². The fraction of sp³-hybridized carbons (Fsp3) is 0.533. The lowest BCUT2D eigenvalue weighted by Gasteiger charge is -2.09. The molecule has 0 spiro atoms. The van der Waals surface area contributed by atoms with Gasteiger partial charge in [-0.2, -0.15) is 0 Å². The van der Waals surface area contributed by atoms with Crippen LogP contribution in [-0.4, -0.2) is 5.78 Å². The summed E-state index contributed by atoms with van der Waals surface area (Å²) in [5.41, 5.74) is 4.71. The molecule has 1 nitrogen and oxygen atoms in total. The van der Waals surface area contributed by atoms with Crippen LogP contribution in [0.5, 0.6) is 0 Å². The SMILES string of the molecule is CC(C)=C1C/C=C(/C)CCC/C(C)=C\C1=O. The minimum absolute atomic E-state index is 0.198. The van der Waals surface area contributed by atoms with Crippen molar-refractivity contribution in [3.63, 3.8) is 0 Å². The minimum Gasteiger partial charge on any atom is -0.290 e. The van der Waals surface area contributed by atoms with Crippen molar-refractivity contribution in [2.45, 2.75) is 53.4 Å². The second kappa shape index (κ2) is 5.83. The number of hydrogen-bond acceptors (Lipinski definition) is 1. The maximum atomic E-state index is 12.0. The van der Waals surface area contributed by atoms with Gasteiger partial charge in [0.2, 0.25) is 0 Å². The van der Waals surface area contributed by atoms with Gasteiger partial charge in [0.25, 0.3) is 0 Å². The molecular weight excluding hydrogens is 196 g/mol. The van der Waals surface area contributed by atoms with Crippen LogP contribution >= 0.6 is 0 Å². The van der Waals surface area contributed by atoms with E-state index in [-0.39, 0.29) is 5.78 Å². The van der Waals surface area contributed by atoms with Crippen molar-refractivity contribution in [1.29, 1.82) is 0 Å². The smallest absolute Gasteiger partial charge is 0.182 e. The molecule has 0 aromatic carbocycles. The molecule has 0 saturated carbocycles. The summed E-state index contributed by atoms with van der Waals surface area (Å²) in [6.45, 7) is 8.26. The average molecular weight is 218 g/mol. The number of allylic oxidation sites excluding steroid dienone is 6. The van der Waals surface area contributed by atoms with Crippen molar-refractivity contribution < 1.29 is 4.79 Å². The number of hydrogen-bond donors (Lipinski definition) is 0. The lowest BCUT2D eigenvalue weighted by atomic mass is 9.95. The van der Waals surface area contributed by atoms with Gasteiger partial charge in [-0.1, -0.05) is 22.8 Å². The molecule has 1 aliphatic rings. The van der Waals surface area contributed by atoms with E-state index in [0.717, 1.165) is 36.8 Å². The van der Waals surface area contributed by atoms with Crippen molar-refractivity contribution >= 4 is 5.78 Å². The Bertz CT molecular complexity index is 363. The third kappa shape index (κ3) is 3.80. The Balaban J connectivity index is 3.02. The molecule has 0 aromatic rings. The van der Waals surface area contributed by atoms with E-state index in [1.54, 1.807) is 0 Å². The fourth-order valence-corrected chi connectivity index (χ4v) is 1.96. The van der Waals surface area contributed by atoms with E-state index >= 15 is 0 Å². The molecule has 0 aliphatic heterocycles. The second-order valence-corrected chi connectivity index (χ2v) is 4.94. The second-order valence-electron chi connectivity index (χ2n) is 4.94. The highest BCUT2D eigenvalue weighted by molar-refractivity contribution is 6.05. The van der Waals surface area contributed by atoms with Gasteiger partial charge in [-0.3, -0.25) is 4.79 Å². The monoisotopic (exact) mass is 218 g/mol. The van der Waals surface area contributed by atoms with Gasteiger partial charge in [0, 0.05) is 5.57 Å². The molecular formula is C15H22O. The quantitative estimate of drug-likeness (QED) is 0.436. The molecule has 0 saturated heterocycles. The molecule has 0 aromatic heterocycles. The largest absolute Gasteiger partial charge is 0.290 e. The summed E-state index contributed by atoms with van der Waals surface area (Å²) in [5.74, 6) is 0.198. The normalized spacial score (nSPS) is 25.5. The Morgan fingerprint density at radius 3 is 2.38 bits per heavy atom. The summed E-state index contributed by atoms with van der Waals surface area (Å²) in [6.07, 6.45) is 8.15. The third-order valence-corrected chi connectivity index (χ3v) is 3.08. The van der Waals surface area contributed by atoms with Crippen LogP contribution < -0.4 is 0 Å². The van der Waals surface area contributed by atoms with Crippen molar-refractivity contribution in [3.05, 3.63) is 34.4 Å². The van der Waals surface area contributed by atoms with Gasteiger partial charge in [-0.05, 0) is 59.5 Å². The van der Waals surface area contributed by atoms with Crippen LogP contribution in [0.25, 0.3) is 0 Å². The summed E-state index contributed by atoms with van der Waals surface area (Å²) < 4.78 is 0. The maximum Gasteiger partial charge on any atom is 0.182 e. The lowest BCUT2D eigenvalue weighted by molar-refractivity contribution is -0.111. The van der Waals surface area contributed by atoms with Crippen molar-refractivity contribution in [2.24, 2.45) is 0 Å². The van der Waals surface area contributed by atoms with Gasteiger partial charge in [-0.25, -0.2) is 0 Å². The van der Waals surface area contributed by atoms with Crippen LogP contribution in [0.15, 0.2) is 34.4 Å². The molecule has 0 bridgehead atoms. The number of ketones is 1. The Kier molecular flexibility index (Phi) is 4.72. The summed E-state index contributed by atoms with van der Waals surface area (Å²) in [7, 11) is 0. The molecule has 0 amide bonds. The van der Waals surface area contributed by atoms with Crippen LogP contribution in [-0.2, 0) is 4.79 Å². The molecule has 0 unspecified atom stereocenters. The third-order valence-electron chi connectivity index (χ3n) is 3.08. The van der Waals surface area contributed by atoms with E-state index in [9.17, 15) is 4.79 Å². The van der Waals surface area contributed by atoms with Crippen molar-refractivity contribution in [1.82, 2.24) is 0 Å². The van der Waals surface area contributed by atoms with Crippen molar-refractivity contribution in [2.75, 3.05) is 0 Å². The maximum absolute atomic E-state index is 12.0. The lowest BCUT2D eigenvalue weighted by Crippen LogP contribution is -2.02. The van der Waals surface area contributed by atoms with E-state index in [1.807, 2.05) is 19.9 Å². The van der Waals surface area contributed by atoms with Gasteiger partial charge >= 0.3 is 0 Å². The van der Waals surface area contributed by atoms with Crippen LogP contribution in [0, 0.1) is 0 Å². The van der Waals surface area contributed by atoms with Gasteiger partial charge in [-0.15, -0.1) is 0 Å². The first-order chi connectivity index (χ1) is 7.50. The highest BCUT2D eigenvalue weighted by Gasteiger charge is 2.09. The number of carbonyl (C=O) groups is 1. The van der Waals surface area contributed by atoms with Gasteiger partial charge in [0.15, 0.2) is 5.78 Å². The fourth-order valence-electron chi connectivity index (χ4n) is 1.96. The Morgan fingerprint density at radius 2 is 1.75 bits per heavy atom.